The van der Waals surface area contributed by atoms with Crippen LogP contribution in [-0.2, 0) is 4.79 Å². The van der Waals surface area contributed by atoms with E-state index in [1.54, 1.807) is 5.57 Å². The molecule has 3 aliphatic rings. The Morgan fingerprint density at radius 3 is 2.64 bits per heavy atom. The van der Waals surface area contributed by atoms with Crippen molar-refractivity contribution in [2.75, 3.05) is 6.61 Å². The number of hydrogen-bond donors (Lipinski definition) is 1. The Kier molecular flexibility index (Phi) is 6.79. The zero-order valence-corrected chi connectivity index (χ0v) is 19.1. The van der Waals surface area contributed by atoms with Crippen molar-refractivity contribution in [1.29, 1.82) is 0 Å². The molecule has 7 unspecified atom stereocenters. The highest BCUT2D eigenvalue weighted by Gasteiger charge is 2.54. The van der Waals surface area contributed by atoms with Crippen LogP contribution in [0.15, 0.2) is 11.6 Å². The van der Waals surface area contributed by atoms with Crippen molar-refractivity contribution in [3.63, 3.8) is 0 Å². The summed E-state index contributed by atoms with van der Waals surface area (Å²) in [5.41, 5.74) is 2.47. The molecule has 7 atom stereocenters. The first kappa shape index (κ1) is 22.1. The maximum atomic E-state index is 12.0. The van der Waals surface area contributed by atoms with Crippen LogP contribution in [0.4, 0.5) is 0 Å². The molecule has 28 heavy (non-hydrogen) atoms. The van der Waals surface area contributed by atoms with Gasteiger partial charge in [-0.15, -0.1) is 0 Å². The quantitative estimate of drug-likeness (QED) is 0.395. The van der Waals surface area contributed by atoms with Crippen LogP contribution in [0.1, 0.15) is 98.8 Å². The van der Waals surface area contributed by atoms with Gasteiger partial charge in [0.05, 0.1) is 0 Å². The molecule has 160 valence electrons. The highest BCUT2D eigenvalue weighted by molar-refractivity contribution is 5.79. The lowest BCUT2D eigenvalue weighted by Crippen LogP contribution is -2.50. The molecular weight excluding hydrogens is 344 g/mol. The van der Waals surface area contributed by atoms with Gasteiger partial charge in [0.15, 0.2) is 0 Å². The molecular formula is C26H44O2. The minimum atomic E-state index is 0.333. The number of aliphatic hydroxyl groups excluding tert-OH is 1. The van der Waals surface area contributed by atoms with Crippen LogP contribution in [0.25, 0.3) is 0 Å². The first-order valence-corrected chi connectivity index (χ1v) is 12.1. The lowest BCUT2D eigenvalue weighted by molar-refractivity contribution is -0.127. The van der Waals surface area contributed by atoms with E-state index in [1.165, 1.54) is 25.7 Å². The Hall–Kier alpha value is -0.630. The zero-order valence-electron chi connectivity index (χ0n) is 19.1. The summed E-state index contributed by atoms with van der Waals surface area (Å²) in [5, 5.41) is 9.02. The lowest BCUT2D eigenvalue weighted by atomic mass is 9.46. The molecule has 0 amide bonds. The highest BCUT2D eigenvalue weighted by atomic mass is 16.2. The van der Waals surface area contributed by atoms with E-state index in [9.17, 15) is 4.79 Å². The van der Waals surface area contributed by atoms with Gasteiger partial charge in [-0.05, 0) is 72.5 Å². The molecule has 0 heterocycles. The molecule has 0 aromatic rings. The number of aliphatic hydroxyl groups is 1. The summed E-state index contributed by atoms with van der Waals surface area (Å²) in [6.45, 7) is 12.9. The van der Waals surface area contributed by atoms with Crippen LogP contribution in [0.2, 0.25) is 0 Å². The second kappa shape index (κ2) is 8.62. The highest BCUT2D eigenvalue weighted by Crippen LogP contribution is 2.62. The van der Waals surface area contributed by atoms with Gasteiger partial charge in [0, 0.05) is 19.4 Å². The van der Waals surface area contributed by atoms with Gasteiger partial charge in [-0.2, -0.15) is 0 Å². The number of hydrogen-bond acceptors (Lipinski definition) is 2. The summed E-state index contributed by atoms with van der Waals surface area (Å²) in [6.07, 6.45) is 13.7. The summed E-state index contributed by atoms with van der Waals surface area (Å²) in [5.74, 6) is 3.89. The molecule has 0 aromatic heterocycles. The summed E-state index contributed by atoms with van der Waals surface area (Å²) >= 11 is 0. The molecule has 3 rings (SSSR count). The largest absolute Gasteiger partial charge is 0.396 e. The SMILES string of the molecule is CC(CCCCCO)C(C)C1(C)CCC2C(=CCC3CC(=O)CCC32C)C1C. The maximum absolute atomic E-state index is 12.0. The smallest absolute Gasteiger partial charge is 0.133 e. The van der Waals surface area contributed by atoms with Gasteiger partial charge in [0.2, 0.25) is 0 Å². The lowest BCUT2D eigenvalue weighted by Gasteiger charge is -2.58. The zero-order chi connectivity index (χ0) is 20.5. The molecule has 0 spiro atoms. The van der Waals surface area contributed by atoms with Crippen molar-refractivity contribution >= 4 is 5.78 Å². The number of rotatable bonds is 7. The van der Waals surface area contributed by atoms with Gasteiger partial charge >= 0.3 is 0 Å². The fraction of sp³-hybridized carbons (Fsp3) is 0.885. The number of Topliss-reactive ketones (excluding diaryl/α,β-unsaturated/α-hetero) is 1. The Balaban J connectivity index is 1.72. The van der Waals surface area contributed by atoms with E-state index < -0.39 is 0 Å². The molecule has 0 aliphatic heterocycles. The average Bonchev–Trinajstić information content (AvgIpc) is 2.67. The monoisotopic (exact) mass is 388 g/mol. The maximum Gasteiger partial charge on any atom is 0.133 e. The van der Waals surface area contributed by atoms with Crippen LogP contribution in [0.5, 0.6) is 0 Å². The topological polar surface area (TPSA) is 37.3 Å². The van der Waals surface area contributed by atoms with E-state index in [1.807, 2.05) is 0 Å². The van der Waals surface area contributed by atoms with Crippen molar-refractivity contribution in [3.05, 3.63) is 11.6 Å². The summed E-state index contributed by atoms with van der Waals surface area (Å²) < 4.78 is 0. The standard InChI is InChI=1S/C26H44O2/c1-18(9-7-6-8-16-27)19(2)25(4)15-13-24-23(20(25)3)11-10-21-17-22(28)12-14-26(21,24)5/h11,18-21,24,27H,6-10,12-17H2,1-5H3. The van der Waals surface area contributed by atoms with E-state index in [0.29, 0.717) is 41.0 Å². The number of ketones is 1. The minimum absolute atomic E-state index is 0.333. The molecule has 1 N–H and O–H groups in total. The van der Waals surface area contributed by atoms with Crippen molar-refractivity contribution in [3.8, 4) is 0 Å². The van der Waals surface area contributed by atoms with E-state index in [0.717, 1.165) is 50.4 Å². The van der Waals surface area contributed by atoms with Crippen molar-refractivity contribution in [2.45, 2.75) is 98.8 Å². The van der Waals surface area contributed by atoms with Crippen LogP contribution in [0, 0.1) is 40.4 Å². The van der Waals surface area contributed by atoms with Gasteiger partial charge in [0.25, 0.3) is 0 Å². The number of carbonyl (C=O) groups excluding carboxylic acids is 1. The van der Waals surface area contributed by atoms with Crippen LogP contribution in [-0.4, -0.2) is 17.5 Å². The Labute approximate surface area is 173 Å². The summed E-state index contributed by atoms with van der Waals surface area (Å²) in [6, 6.07) is 0. The van der Waals surface area contributed by atoms with Crippen LogP contribution in [0.3, 0.4) is 0 Å². The van der Waals surface area contributed by atoms with E-state index in [2.05, 4.69) is 40.7 Å². The first-order chi connectivity index (χ1) is 13.2. The van der Waals surface area contributed by atoms with Gasteiger partial charge in [-0.3, -0.25) is 4.79 Å². The molecule has 2 fully saturated rings. The summed E-state index contributed by atoms with van der Waals surface area (Å²) in [7, 11) is 0. The fourth-order valence-corrected chi connectivity index (χ4v) is 7.14. The van der Waals surface area contributed by atoms with Crippen LogP contribution >= 0.6 is 0 Å². The predicted molar refractivity (Wildman–Crippen MR) is 117 cm³/mol. The number of carbonyl (C=O) groups is 1. The van der Waals surface area contributed by atoms with Gasteiger partial charge in [-0.25, -0.2) is 0 Å². The molecule has 3 aliphatic carbocycles. The number of unbranched alkanes of at least 4 members (excludes halogenated alkanes) is 2. The van der Waals surface area contributed by atoms with Crippen molar-refractivity contribution in [2.24, 2.45) is 40.4 Å². The van der Waals surface area contributed by atoms with Crippen LogP contribution < -0.4 is 0 Å². The molecule has 2 saturated carbocycles. The fourth-order valence-electron chi connectivity index (χ4n) is 7.14. The Morgan fingerprint density at radius 1 is 1.18 bits per heavy atom. The van der Waals surface area contributed by atoms with Crippen molar-refractivity contribution in [1.82, 2.24) is 0 Å². The van der Waals surface area contributed by atoms with Gasteiger partial charge in [0.1, 0.15) is 5.78 Å². The number of fused-ring (bicyclic) bond motifs is 3. The normalized spacial score (nSPS) is 40.3. The minimum Gasteiger partial charge on any atom is -0.396 e. The first-order valence-electron chi connectivity index (χ1n) is 12.1. The average molecular weight is 389 g/mol. The predicted octanol–water partition coefficient (Wildman–Crippen LogP) is 6.57. The molecule has 0 radical (unpaired) electrons. The van der Waals surface area contributed by atoms with Gasteiger partial charge in [-0.1, -0.05) is 65.5 Å². The third kappa shape index (κ3) is 3.87. The number of allylic oxidation sites excluding steroid dienone is 2. The van der Waals surface area contributed by atoms with Gasteiger partial charge < -0.3 is 5.11 Å². The third-order valence-electron chi connectivity index (χ3n) is 9.86. The second-order valence-corrected chi connectivity index (χ2v) is 11.0. The molecule has 0 bridgehead atoms. The van der Waals surface area contributed by atoms with Crippen molar-refractivity contribution < 1.29 is 9.90 Å². The van der Waals surface area contributed by atoms with E-state index in [4.69, 9.17) is 5.11 Å². The van der Waals surface area contributed by atoms with E-state index in [-0.39, 0.29) is 0 Å². The molecule has 0 saturated heterocycles. The third-order valence-corrected chi connectivity index (χ3v) is 9.86. The molecule has 0 aromatic carbocycles. The van der Waals surface area contributed by atoms with E-state index >= 15 is 0 Å². The molecule has 2 heteroatoms. The summed E-state index contributed by atoms with van der Waals surface area (Å²) in [4.78, 5) is 12.0. The Bertz CT molecular complexity index is 593. The second-order valence-electron chi connectivity index (χ2n) is 11.0. The Morgan fingerprint density at radius 2 is 1.93 bits per heavy atom. The molecule has 2 nitrogen and oxygen atoms in total.